The second-order valence-electron chi connectivity index (χ2n) is 6.34. The smallest absolute Gasteiger partial charge is 0.345 e. The molecule has 1 saturated heterocycles. The highest BCUT2D eigenvalue weighted by molar-refractivity contribution is 5.96. The summed E-state index contributed by atoms with van der Waals surface area (Å²) in [5.41, 5.74) is -0.808. The molecule has 1 amide bonds. The topological polar surface area (TPSA) is 117 Å². The molecule has 1 fully saturated rings. The van der Waals surface area contributed by atoms with E-state index in [9.17, 15) is 19.7 Å². The largest absolute Gasteiger partial charge is 0.493 e. The third-order valence-corrected chi connectivity index (χ3v) is 4.10. The Labute approximate surface area is 162 Å². The predicted octanol–water partition coefficient (Wildman–Crippen LogP) is 1.79. The molecule has 1 aromatic carbocycles. The molecule has 0 bridgehead atoms. The Morgan fingerprint density at radius 1 is 1.25 bits per heavy atom. The average Bonchev–Trinajstić information content (AvgIpc) is 2.64. The van der Waals surface area contributed by atoms with Gasteiger partial charge in [-0.3, -0.25) is 14.9 Å². The number of nitro groups is 1. The number of carbonyl (C=O) groups excluding carboxylic acids is 2. The summed E-state index contributed by atoms with van der Waals surface area (Å²) in [6.07, 6.45) is -0.250. The van der Waals surface area contributed by atoms with E-state index in [2.05, 4.69) is 0 Å². The minimum Gasteiger partial charge on any atom is -0.493 e. The number of carbonyl (C=O) groups is 2. The number of benzene rings is 1. The van der Waals surface area contributed by atoms with Gasteiger partial charge in [-0.1, -0.05) is 0 Å². The minimum atomic E-state index is -0.988. The van der Waals surface area contributed by atoms with E-state index in [4.69, 9.17) is 18.9 Å². The van der Waals surface area contributed by atoms with Crippen molar-refractivity contribution in [3.63, 3.8) is 0 Å². The summed E-state index contributed by atoms with van der Waals surface area (Å²) in [6.45, 7) is 5.94. The fourth-order valence-electron chi connectivity index (χ4n) is 2.97. The zero-order chi connectivity index (χ0) is 20.8. The van der Waals surface area contributed by atoms with Crippen LogP contribution < -0.4 is 9.47 Å². The summed E-state index contributed by atoms with van der Waals surface area (Å²) in [4.78, 5) is 36.9. The number of hydrogen-bond donors (Lipinski definition) is 0. The van der Waals surface area contributed by atoms with Gasteiger partial charge in [0.1, 0.15) is 5.56 Å². The van der Waals surface area contributed by atoms with Gasteiger partial charge in [-0.25, -0.2) is 4.79 Å². The van der Waals surface area contributed by atoms with Gasteiger partial charge >= 0.3 is 5.97 Å². The van der Waals surface area contributed by atoms with Crippen LogP contribution in [0.2, 0.25) is 0 Å². The van der Waals surface area contributed by atoms with E-state index in [0.717, 1.165) is 6.07 Å². The monoisotopic (exact) mass is 396 g/mol. The maximum absolute atomic E-state index is 12.4. The molecule has 28 heavy (non-hydrogen) atoms. The summed E-state index contributed by atoms with van der Waals surface area (Å²) < 4.78 is 21.0. The van der Waals surface area contributed by atoms with E-state index >= 15 is 0 Å². The fraction of sp³-hybridized carbons (Fsp3) is 0.556. The SMILES string of the molecule is CCOc1cc(C(=O)OCC(=O)N2C[C@@H](C)O[C@@H](C)C2)c([N+](=O)[O-])cc1OC. The van der Waals surface area contributed by atoms with E-state index in [-0.39, 0.29) is 35.9 Å². The lowest BCUT2D eigenvalue weighted by Gasteiger charge is -2.35. The van der Waals surface area contributed by atoms with E-state index < -0.39 is 29.1 Å². The van der Waals surface area contributed by atoms with Crippen molar-refractivity contribution in [1.29, 1.82) is 0 Å². The molecule has 0 unspecified atom stereocenters. The lowest BCUT2D eigenvalue weighted by atomic mass is 10.1. The van der Waals surface area contributed by atoms with E-state index in [1.54, 1.807) is 11.8 Å². The van der Waals surface area contributed by atoms with Crippen LogP contribution in [0.15, 0.2) is 12.1 Å². The molecule has 0 N–H and O–H groups in total. The highest BCUT2D eigenvalue weighted by atomic mass is 16.6. The number of hydrogen-bond acceptors (Lipinski definition) is 8. The van der Waals surface area contributed by atoms with Crippen molar-refractivity contribution >= 4 is 17.6 Å². The zero-order valence-corrected chi connectivity index (χ0v) is 16.3. The standard InChI is InChI=1S/C18H24N2O8/c1-5-26-16-6-13(14(20(23)24)7-15(16)25-4)18(22)27-10-17(21)19-8-11(2)28-12(3)9-19/h6-7,11-12H,5,8-10H2,1-4H3/t11-,12+. The molecule has 1 heterocycles. The van der Waals surface area contributed by atoms with Gasteiger partial charge in [0.15, 0.2) is 18.1 Å². The van der Waals surface area contributed by atoms with Gasteiger partial charge < -0.3 is 23.8 Å². The summed E-state index contributed by atoms with van der Waals surface area (Å²) in [6, 6.07) is 2.28. The van der Waals surface area contributed by atoms with E-state index in [1.165, 1.54) is 13.2 Å². The third-order valence-electron chi connectivity index (χ3n) is 4.10. The summed E-state index contributed by atoms with van der Waals surface area (Å²) in [7, 11) is 1.34. The van der Waals surface area contributed by atoms with Crippen LogP contribution in [0.4, 0.5) is 5.69 Å². The van der Waals surface area contributed by atoms with Crippen molar-refractivity contribution in [1.82, 2.24) is 4.90 Å². The Kier molecular flexibility index (Phi) is 7.16. The summed E-state index contributed by atoms with van der Waals surface area (Å²) >= 11 is 0. The number of ether oxygens (including phenoxy) is 4. The lowest BCUT2D eigenvalue weighted by Crippen LogP contribution is -2.49. The number of methoxy groups -OCH3 is 1. The van der Waals surface area contributed by atoms with Gasteiger partial charge in [-0.2, -0.15) is 0 Å². The van der Waals surface area contributed by atoms with E-state index in [0.29, 0.717) is 13.1 Å². The van der Waals surface area contributed by atoms with Crippen molar-refractivity contribution in [2.45, 2.75) is 33.0 Å². The molecule has 10 nitrogen and oxygen atoms in total. The van der Waals surface area contributed by atoms with Gasteiger partial charge in [0.05, 0.1) is 36.9 Å². The van der Waals surface area contributed by atoms with Crippen LogP contribution in [0.5, 0.6) is 11.5 Å². The number of esters is 1. The first-order valence-electron chi connectivity index (χ1n) is 8.86. The van der Waals surface area contributed by atoms with Crippen LogP contribution in [0.3, 0.4) is 0 Å². The third kappa shape index (κ3) is 5.10. The second kappa shape index (κ2) is 9.36. The normalized spacial score (nSPS) is 19.1. The predicted molar refractivity (Wildman–Crippen MR) is 97.7 cm³/mol. The Morgan fingerprint density at radius 2 is 1.89 bits per heavy atom. The summed E-state index contributed by atoms with van der Waals surface area (Å²) in [5, 5.41) is 11.3. The first-order chi connectivity index (χ1) is 13.3. The van der Waals surface area contributed by atoms with Crippen LogP contribution in [-0.4, -0.2) is 67.3 Å². The molecular formula is C18H24N2O8. The number of morpholine rings is 1. The maximum atomic E-state index is 12.4. The highest BCUT2D eigenvalue weighted by Gasteiger charge is 2.29. The Morgan fingerprint density at radius 3 is 2.43 bits per heavy atom. The van der Waals surface area contributed by atoms with Crippen LogP contribution in [-0.2, 0) is 14.3 Å². The first kappa shape index (κ1) is 21.4. The molecule has 1 aliphatic heterocycles. The number of rotatable bonds is 7. The van der Waals surface area contributed by atoms with Crippen molar-refractivity contribution in [3.05, 3.63) is 27.8 Å². The van der Waals surface area contributed by atoms with Crippen molar-refractivity contribution in [2.75, 3.05) is 33.4 Å². The molecule has 2 atom stereocenters. The van der Waals surface area contributed by atoms with Crippen LogP contribution in [0.25, 0.3) is 0 Å². The first-order valence-corrected chi connectivity index (χ1v) is 8.86. The fourth-order valence-corrected chi connectivity index (χ4v) is 2.97. The minimum absolute atomic E-state index is 0.123. The van der Waals surface area contributed by atoms with E-state index in [1.807, 2.05) is 13.8 Å². The van der Waals surface area contributed by atoms with Crippen molar-refractivity contribution in [3.8, 4) is 11.5 Å². The van der Waals surface area contributed by atoms with Gasteiger partial charge in [0.25, 0.3) is 11.6 Å². The quantitative estimate of drug-likeness (QED) is 0.389. The molecular weight excluding hydrogens is 372 g/mol. The Bertz CT molecular complexity index is 741. The van der Waals surface area contributed by atoms with Crippen molar-refractivity contribution < 1.29 is 33.5 Å². The van der Waals surface area contributed by atoms with Crippen LogP contribution in [0.1, 0.15) is 31.1 Å². The van der Waals surface area contributed by atoms with Gasteiger partial charge in [0, 0.05) is 19.2 Å². The number of amides is 1. The summed E-state index contributed by atoms with van der Waals surface area (Å²) in [5.74, 6) is -1.09. The Balaban J connectivity index is 2.15. The van der Waals surface area contributed by atoms with Gasteiger partial charge in [0.2, 0.25) is 0 Å². The average molecular weight is 396 g/mol. The Hall–Kier alpha value is -2.88. The molecule has 0 radical (unpaired) electrons. The number of nitro benzene ring substituents is 1. The molecule has 2 rings (SSSR count). The number of nitrogens with zero attached hydrogens (tertiary/aromatic N) is 2. The van der Waals surface area contributed by atoms with Crippen LogP contribution in [0, 0.1) is 10.1 Å². The molecule has 1 aliphatic rings. The molecule has 0 aromatic heterocycles. The molecule has 1 aromatic rings. The zero-order valence-electron chi connectivity index (χ0n) is 16.3. The molecule has 0 aliphatic carbocycles. The van der Waals surface area contributed by atoms with Crippen molar-refractivity contribution in [2.24, 2.45) is 0 Å². The van der Waals surface area contributed by atoms with Gasteiger partial charge in [-0.05, 0) is 20.8 Å². The molecule has 0 saturated carbocycles. The molecule has 10 heteroatoms. The molecule has 0 spiro atoms. The van der Waals surface area contributed by atoms with Crippen LogP contribution >= 0.6 is 0 Å². The van der Waals surface area contributed by atoms with Gasteiger partial charge in [-0.15, -0.1) is 0 Å². The lowest BCUT2D eigenvalue weighted by molar-refractivity contribution is -0.385. The highest BCUT2D eigenvalue weighted by Crippen LogP contribution is 2.35. The maximum Gasteiger partial charge on any atom is 0.345 e. The second-order valence-corrected chi connectivity index (χ2v) is 6.34. The molecule has 154 valence electrons.